The lowest BCUT2D eigenvalue weighted by Gasteiger charge is -2.41. The minimum Gasteiger partial charge on any atom is -0.494 e. The van der Waals surface area contributed by atoms with Gasteiger partial charge in [-0.2, -0.15) is 0 Å². The summed E-state index contributed by atoms with van der Waals surface area (Å²) in [5.74, 6) is 0.638. The summed E-state index contributed by atoms with van der Waals surface area (Å²) >= 11 is 0. The van der Waals surface area contributed by atoms with Crippen molar-refractivity contribution in [1.82, 2.24) is 0 Å². The highest BCUT2D eigenvalue weighted by atomic mass is 16.5. The van der Waals surface area contributed by atoms with Crippen LogP contribution in [0.1, 0.15) is 54.7 Å². The minimum atomic E-state index is -0.296. The molecule has 0 saturated carbocycles. The Kier molecular flexibility index (Phi) is 6.06. The van der Waals surface area contributed by atoms with Gasteiger partial charge in [0.15, 0.2) is 5.78 Å². The van der Waals surface area contributed by atoms with Gasteiger partial charge >= 0.3 is 0 Å². The number of hydrogen-bond donors (Lipinski definition) is 0. The summed E-state index contributed by atoms with van der Waals surface area (Å²) in [5, 5.41) is 0. The first-order valence-electron chi connectivity index (χ1n) is 12.0. The van der Waals surface area contributed by atoms with Gasteiger partial charge in [0.1, 0.15) is 5.75 Å². The molecule has 0 saturated heterocycles. The van der Waals surface area contributed by atoms with E-state index in [1.165, 1.54) is 0 Å². The number of ether oxygens (including phenoxy) is 1. The van der Waals surface area contributed by atoms with Crippen molar-refractivity contribution in [3.8, 4) is 5.75 Å². The molecular formula is C30H29NO3. The lowest BCUT2D eigenvalue weighted by atomic mass is 9.72. The first kappa shape index (κ1) is 22.1. The van der Waals surface area contributed by atoms with Gasteiger partial charge in [-0.25, -0.2) is 0 Å². The Labute approximate surface area is 200 Å². The molecule has 2 atom stereocenters. The van der Waals surface area contributed by atoms with Gasteiger partial charge in [0.05, 0.1) is 6.61 Å². The maximum atomic E-state index is 13.8. The van der Waals surface area contributed by atoms with E-state index in [0.717, 1.165) is 39.4 Å². The Balaban J connectivity index is 1.67. The zero-order valence-electron chi connectivity index (χ0n) is 19.7. The number of para-hydroxylation sites is 1. The van der Waals surface area contributed by atoms with Crippen molar-refractivity contribution >= 4 is 17.4 Å². The molecule has 0 spiro atoms. The van der Waals surface area contributed by atoms with Gasteiger partial charge in [0.2, 0.25) is 5.91 Å². The molecule has 3 aromatic rings. The molecular weight excluding hydrogens is 422 g/mol. The Morgan fingerprint density at radius 3 is 2.41 bits per heavy atom. The number of aryl methyl sites for hydroxylation is 1. The third-order valence-corrected chi connectivity index (χ3v) is 6.85. The highest BCUT2D eigenvalue weighted by Gasteiger charge is 2.43. The van der Waals surface area contributed by atoms with Crippen LogP contribution >= 0.6 is 0 Å². The minimum absolute atomic E-state index is 0.0159. The number of ketones is 1. The van der Waals surface area contributed by atoms with Crippen molar-refractivity contribution in [3.05, 3.63) is 107 Å². The molecule has 0 bridgehead atoms. The average molecular weight is 452 g/mol. The van der Waals surface area contributed by atoms with E-state index < -0.39 is 0 Å². The quantitative estimate of drug-likeness (QED) is 0.456. The van der Waals surface area contributed by atoms with Crippen molar-refractivity contribution < 1.29 is 14.3 Å². The van der Waals surface area contributed by atoms with Gasteiger partial charge in [0.25, 0.3) is 0 Å². The number of hydrogen-bond acceptors (Lipinski definition) is 3. The van der Waals surface area contributed by atoms with Crippen LogP contribution in [0.3, 0.4) is 0 Å². The predicted molar refractivity (Wildman–Crippen MR) is 134 cm³/mol. The predicted octanol–water partition coefficient (Wildman–Crippen LogP) is 6.32. The third-order valence-electron chi connectivity index (χ3n) is 6.85. The van der Waals surface area contributed by atoms with Gasteiger partial charge in [0, 0.05) is 41.3 Å². The van der Waals surface area contributed by atoms with Crippen LogP contribution in [0.4, 0.5) is 5.69 Å². The lowest BCUT2D eigenvalue weighted by molar-refractivity contribution is -0.120. The molecule has 4 nitrogen and oxygen atoms in total. The van der Waals surface area contributed by atoms with Crippen molar-refractivity contribution in [2.24, 2.45) is 0 Å². The molecule has 0 N–H and O–H groups in total. The van der Waals surface area contributed by atoms with Crippen molar-refractivity contribution in [2.75, 3.05) is 11.5 Å². The summed E-state index contributed by atoms with van der Waals surface area (Å²) in [7, 11) is 0. The van der Waals surface area contributed by atoms with E-state index >= 15 is 0 Å². The summed E-state index contributed by atoms with van der Waals surface area (Å²) in [6.07, 6.45) is 1.35. The summed E-state index contributed by atoms with van der Waals surface area (Å²) in [6.45, 7) is 4.50. The van der Waals surface area contributed by atoms with E-state index in [4.69, 9.17) is 4.74 Å². The monoisotopic (exact) mass is 451 g/mol. The zero-order valence-corrected chi connectivity index (χ0v) is 19.7. The fourth-order valence-electron chi connectivity index (χ4n) is 5.38. The van der Waals surface area contributed by atoms with Crippen LogP contribution in [0, 0.1) is 6.92 Å². The summed E-state index contributed by atoms with van der Waals surface area (Å²) in [4.78, 5) is 29.3. The zero-order chi connectivity index (χ0) is 23.7. The first-order valence-corrected chi connectivity index (χ1v) is 12.0. The normalized spacial score (nSPS) is 20.4. The molecule has 1 aliphatic heterocycles. The van der Waals surface area contributed by atoms with E-state index in [1.54, 1.807) is 4.90 Å². The number of rotatable bonds is 5. The van der Waals surface area contributed by atoms with Gasteiger partial charge in [-0.1, -0.05) is 60.7 Å². The molecule has 2 unspecified atom stereocenters. The average Bonchev–Trinajstić information content (AvgIpc) is 2.84. The highest BCUT2D eigenvalue weighted by molar-refractivity contribution is 6.08. The summed E-state index contributed by atoms with van der Waals surface area (Å²) in [6, 6.07) is 25.9. The van der Waals surface area contributed by atoms with Gasteiger partial charge in [-0.3, -0.25) is 14.5 Å². The van der Waals surface area contributed by atoms with E-state index in [1.807, 2.05) is 80.6 Å². The van der Waals surface area contributed by atoms with E-state index in [2.05, 4.69) is 12.1 Å². The smallest absolute Gasteiger partial charge is 0.232 e. The van der Waals surface area contributed by atoms with Crippen LogP contribution in [-0.2, 0) is 9.59 Å². The number of Topliss-reactive ketones (excluding diaryl/α,β-unsaturated/α-hetero) is 1. The number of nitrogens with zero attached hydrogens (tertiary/aromatic N) is 1. The summed E-state index contributed by atoms with van der Waals surface area (Å²) in [5.41, 5.74) is 5.56. The Morgan fingerprint density at radius 2 is 1.65 bits per heavy atom. The van der Waals surface area contributed by atoms with Crippen molar-refractivity contribution in [1.29, 1.82) is 0 Å². The molecule has 1 amide bonds. The molecule has 0 fully saturated rings. The molecule has 5 rings (SSSR count). The van der Waals surface area contributed by atoms with Crippen molar-refractivity contribution in [3.63, 3.8) is 0 Å². The van der Waals surface area contributed by atoms with Crippen LogP contribution in [-0.4, -0.2) is 18.3 Å². The maximum absolute atomic E-state index is 13.8. The summed E-state index contributed by atoms with van der Waals surface area (Å²) < 4.78 is 5.90. The second-order valence-corrected chi connectivity index (χ2v) is 9.10. The van der Waals surface area contributed by atoms with Gasteiger partial charge < -0.3 is 4.74 Å². The number of amides is 1. The number of carbonyl (C=O) groups is 2. The topological polar surface area (TPSA) is 46.6 Å². The van der Waals surface area contributed by atoms with Crippen molar-refractivity contribution in [2.45, 2.75) is 44.9 Å². The molecule has 0 radical (unpaired) electrons. The number of carbonyl (C=O) groups excluding carboxylic acids is 2. The Bertz CT molecular complexity index is 1260. The van der Waals surface area contributed by atoms with E-state index in [-0.39, 0.29) is 29.9 Å². The third kappa shape index (κ3) is 4.05. The van der Waals surface area contributed by atoms with Crippen LogP contribution in [0.15, 0.2) is 90.1 Å². The molecule has 1 heterocycles. The lowest BCUT2D eigenvalue weighted by Crippen LogP contribution is -2.42. The molecule has 34 heavy (non-hydrogen) atoms. The number of benzene rings is 3. The Hall–Kier alpha value is -3.66. The number of allylic oxidation sites excluding steroid dienone is 2. The maximum Gasteiger partial charge on any atom is 0.232 e. The molecule has 3 aromatic carbocycles. The van der Waals surface area contributed by atoms with Crippen LogP contribution < -0.4 is 9.64 Å². The first-order chi connectivity index (χ1) is 16.6. The van der Waals surface area contributed by atoms with Gasteiger partial charge in [-0.15, -0.1) is 0 Å². The Morgan fingerprint density at radius 1 is 0.882 bits per heavy atom. The van der Waals surface area contributed by atoms with E-state index in [9.17, 15) is 9.59 Å². The molecule has 4 heteroatoms. The van der Waals surface area contributed by atoms with Crippen LogP contribution in [0.2, 0.25) is 0 Å². The second kappa shape index (κ2) is 9.30. The van der Waals surface area contributed by atoms with Gasteiger partial charge in [-0.05, 0) is 55.5 Å². The number of anilines is 1. The molecule has 172 valence electrons. The fraction of sp³-hybridized carbons (Fsp3) is 0.267. The fourth-order valence-corrected chi connectivity index (χ4v) is 5.38. The van der Waals surface area contributed by atoms with Crippen LogP contribution in [0.25, 0.3) is 0 Å². The molecule has 0 aromatic heterocycles. The largest absolute Gasteiger partial charge is 0.494 e. The standard InChI is InChI=1S/C30H29NO3/c1-3-34-28-15-8-7-14-24(28)25-19-29(33)31(23-13-9-10-20(2)16-23)26-17-22(18-27(32)30(25)26)21-11-5-4-6-12-21/h4-16,22,25H,3,17-19H2,1-2H3. The highest BCUT2D eigenvalue weighted by Crippen LogP contribution is 2.48. The molecule has 2 aliphatic rings. The second-order valence-electron chi connectivity index (χ2n) is 9.10. The van der Waals surface area contributed by atoms with E-state index in [0.29, 0.717) is 19.4 Å². The molecule has 1 aliphatic carbocycles. The van der Waals surface area contributed by atoms with Crippen LogP contribution in [0.5, 0.6) is 5.75 Å². The SMILES string of the molecule is CCOc1ccccc1C1CC(=O)N(c2cccc(C)c2)C2=C1C(=O)CC(c1ccccc1)C2.